The van der Waals surface area contributed by atoms with Crippen LogP contribution in [0, 0.1) is 6.92 Å². The average Bonchev–Trinajstić information content (AvgIpc) is 2.58. The van der Waals surface area contributed by atoms with E-state index in [1.54, 1.807) is 18.2 Å². The van der Waals surface area contributed by atoms with E-state index in [9.17, 15) is 9.90 Å². The van der Waals surface area contributed by atoms with Crippen LogP contribution in [0.5, 0.6) is 5.75 Å². The molecule has 4 rings (SSSR count). The number of phenolic OH excluding ortho intramolecular Hbond substituents is 1. The van der Waals surface area contributed by atoms with Crippen molar-refractivity contribution in [1.29, 1.82) is 0 Å². The fourth-order valence-electron chi connectivity index (χ4n) is 3.68. The van der Waals surface area contributed by atoms with Gasteiger partial charge in [0.05, 0.1) is 0 Å². The van der Waals surface area contributed by atoms with Crippen molar-refractivity contribution in [2.24, 2.45) is 0 Å². The molecule has 3 heteroatoms. The molecule has 0 unspecified atom stereocenters. The summed E-state index contributed by atoms with van der Waals surface area (Å²) in [7, 11) is -1.38. The number of carbonyl (C=O) groups is 1. The number of allylic oxidation sites excluding steroid dienone is 4. The van der Waals surface area contributed by atoms with Gasteiger partial charge in [0.1, 0.15) is 5.75 Å². The van der Waals surface area contributed by atoms with Crippen molar-refractivity contribution in [3.8, 4) is 5.75 Å². The number of carbonyl (C=O) groups excluding carboxylic acids is 1. The molecule has 0 atom stereocenters. The van der Waals surface area contributed by atoms with E-state index < -0.39 is 10.0 Å². The Morgan fingerprint density at radius 2 is 1.72 bits per heavy atom. The van der Waals surface area contributed by atoms with Gasteiger partial charge in [-0.1, -0.05) is 24.3 Å². The van der Waals surface area contributed by atoms with Gasteiger partial charge in [-0.05, 0) is 83.7 Å². The zero-order valence-electron chi connectivity index (χ0n) is 14.5. The van der Waals surface area contributed by atoms with Gasteiger partial charge < -0.3 is 5.11 Å². The van der Waals surface area contributed by atoms with Crippen LogP contribution in [0.1, 0.15) is 16.7 Å². The number of benzene rings is 2. The number of ketones is 1. The van der Waals surface area contributed by atoms with E-state index in [0.29, 0.717) is 0 Å². The Balaban J connectivity index is 2.14. The molecule has 0 saturated heterocycles. The minimum atomic E-state index is -1.38. The molecule has 2 aliphatic rings. The quantitative estimate of drug-likeness (QED) is 0.791. The van der Waals surface area contributed by atoms with Gasteiger partial charge >= 0.3 is 0 Å². The topological polar surface area (TPSA) is 37.3 Å². The van der Waals surface area contributed by atoms with Crippen molar-refractivity contribution in [3.63, 3.8) is 0 Å². The third-order valence-corrected chi connectivity index (χ3v) is 7.85. The van der Waals surface area contributed by atoms with Gasteiger partial charge in [0, 0.05) is 9.80 Å². The Morgan fingerprint density at radius 3 is 2.48 bits per heavy atom. The Morgan fingerprint density at radius 1 is 0.960 bits per heavy atom. The van der Waals surface area contributed by atoms with Gasteiger partial charge in [-0.25, -0.2) is 0 Å². The maximum atomic E-state index is 12.1. The zero-order valence-corrected chi connectivity index (χ0v) is 15.4. The van der Waals surface area contributed by atoms with E-state index >= 15 is 0 Å². The molecule has 0 saturated carbocycles. The first kappa shape index (κ1) is 16.0. The minimum absolute atomic E-state index is 0.0343. The van der Waals surface area contributed by atoms with Crippen LogP contribution in [0.25, 0.3) is 5.57 Å². The first-order chi connectivity index (χ1) is 11.9. The van der Waals surface area contributed by atoms with Crippen molar-refractivity contribution >= 4 is 21.4 Å². The van der Waals surface area contributed by atoms with E-state index in [1.807, 2.05) is 30.3 Å². The number of fused-ring (bicyclic) bond motifs is 2. The molecule has 0 amide bonds. The Labute approximate surface area is 149 Å². The highest BCUT2D eigenvalue weighted by Gasteiger charge is 2.35. The number of aryl methyl sites for hydroxylation is 1. The third-order valence-electron chi connectivity index (χ3n) is 4.97. The van der Waals surface area contributed by atoms with Crippen molar-refractivity contribution in [3.05, 3.63) is 87.9 Å². The molecule has 1 heterocycles. The Bertz CT molecular complexity index is 1010. The molecule has 2 aromatic carbocycles. The molecule has 25 heavy (non-hydrogen) atoms. The van der Waals surface area contributed by atoms with Gasteiger partial charge in [-0.2, -0.15) is 10.0 Å². The van der Waals surface area contributed by atoms with Crippen LogP contribution in [0.15, 0.2) is 76.1 Å². The van der Waals surface area contributed by atoms with Crippen LogP contribution in [0.4, 0.5) is 0 Å². The lowest BCUT2D eigenvalue weighted by Crippen LogP contribution is -2.16. The number of aromatic hydroxyl groups is 1. The number of hydrogen-bond donors (Lipinski definition) is 1. The first-order valence-electron chi connectivity index (χ1n) is 8.21. The SMILES string of the molecule is Cc1ccccc1C1=C2C=CC(=O)C=C2S(C)(C)c2cc(O)ccc21. The normalized spacial score (nSPS) is 19.2. The summed E-state index contributed by atoms with van der Waals surface area (Å²) in [4.78, 5) is 14.3. The number of phenols is 1. The summed E-state index contributed by atoms with van der Waals surface area (Å²) in [6, 6.07) is 13.9. The molecule has 0 aromatic heterocycles. The third kappa shape index (κ3) is 2.38. The van der Waals surface area contributed by atoms with Crippen LogP contribution in [-0.2, 0) is 4.79 Å². The maximum Gasteiger partial charge on any atom is 0.179 e. The molecule has 0 fully saturated rings. The number of rotatable bonds is 1. The fraction of sp³-hybridized carbons (Fsp3) is 0.136. The second-order valence-electron chi connectivity index (χ2n) is 6.86. The summed E-state index contributed by atoms with van der Waals surface area (Å²) < 4.78 is 0. The molecule has 0 spiro atoms. The second-order valence-corrected chi connectivity index (χ2v) is 10.4. The van der Waals surface area contributed by atoms with Crippen molar-refractivity contribution < 1.29 is 9.90 Å². The lowest BCUT2D eigenvalue weighted by molar-refractivity contribution is -0.110. The standard InChI is InChI=1S/C22H20O2S/c1-14-6-4-5-7-17(14)22-18-10-8-15(23)12-20(18)25(2,3)21-13-16(24)9-11-19(21)22/h4-13,23H,1-3H3. The van der Waals surface area contributed by atoms with Crippen LogP contribution in [-0.4, -0.2) is 23.4 Å². The largest absolute Gasteiger partial charge is 0.508 e. The minimum Gasteiger partial charge on any atom is -0.508 e. The van der Waals surface area contributed by atoms with Crippen LogP contribution >= 0.6 is 10.0 Å². The average molecular weight is 348 g/mol. The predicted molar refractivity (Wildman–Crippen MR) is 105 cm³/mol. The summed E-state index contributed by atoms with van der Waals surface area (Å²) in [6.45, 7) is 2.11. The molecule has 1 N–H and O–H groups in total. The molecule has 126 valence electrons. The molecule has 0 bridgehead atoms. The summed E-state index contributed by atoms with van der Waals surface area (Å²) in [5, 5.41) is 10.1. The highest BCUT2D eigenvalue weighted by molar-refractivity contribution is 8.36. The van der Waals surface area contributed by atoms with E-state index in [1.165, 1.54) is 11.1 Å². The highest BCUT2D eigenvalue weighted by atomic mass is 32.3. The van der Waals surface area contributed by atoms with E-state index in [-0.39, 0.29) is 11.5 Å². The lowest BCUT2D eigenvalue weighted by Gasteiger charge is -2.43. The van der Waals surface area contributed by atoms with Crippen molar-refractivity contribution in [2.45, 2.75) is 11.8 Å². The van der Waals surface area contributed by atoms with Crippen molar-refractivity contribution in [2.75, 3.05) is 12.5 Å². The molecule has 2 aromatic rings. The summed E-state index contributed by atoms with van der Waals surface area (Å²) in [5.41, 5.74) is 5.80. The predicted octanol–water partition coefficient (Wildman–Crippen LogP) is 4.96. The van der Waals surface area contributed by atoms with Gasteiger partial charge in [0.15, 0.2) is 5.78 Å². The summed E-state index contributed by atoms with van der Waals surface area (Å²) in [5.74, 6) is 0.303. The van der Waals surface area contributed by atoms with E-state index in [4.69, 9.17) is 0 Å². The lowest BCUT2D eigenvalue weighted by atomic mass is 9.88. The smallest absolute Gasteiger partial charge is 0.179 e. The van der Waals surface area contributed by atoms with Gasteiger partial charge in [0.25, 0.3) is 0 Å². The summed E-state index contributed by atoms with van der Waals surface area (Å²) in [6.07, 6.45) is 9.77. The van der Waals surface area contributed by atoms with Gasteiger partial charge in [-0.15, -0.1) is 0 Å². The second kappa shape index (κ2) is 5.50. The molecule has 1 aliphatic carbocycles. The molecule has 1 aliphatic heterocycles. The monoisotopic (exact) mass is 348 g/mol. The maximum absolute atomic E-state index is 12.1. The summed E-state index contributed by atoms with van der Waals surface area (Å²) >= 11 is 0. The Hall–Kier alpha value is -2.52. The molecule has 2 nitrogen and oxygen atoms in total. The molecular weight excluding hydrogens is 328 g/mol. The van der Waals surface area contributed by atoms with Crippen LogP contribution < -0.4 is 0 Å². The highest BCUT2D eigenvalue weighted by Crippen LogP contribution is 2.66. The Kier molecular flexibility index (Phi) is 3.51. The zero-order chi connectivity index (χ0) is 17.8. The fourth-order valence-corrected chi connectivity index (χ4v) is 6.18. The van der Waals surface area contributed by atoms with Crippen molar-refractivity contribution in [1.82, 2.24) is 0 Å². The van der Waals surface area contributed by atoms with Crippen LogP contribution in [0.2, 0.25) is 0 Å². The van der Waals surface area contributed by atoms with E-state index in [2.05, 4.69) is 31.6 Å². The number of hydrogen-bond acceptors (Lipinski definition) is 2. The van der Waals surface area contributed by atoms with Gasteiger partial charge in [-0.3, -0.25) is 4.79 Å². The molecular formula is C22H20O2S. The molecule has 0 radical (unpaired) electrons. The first-order valence-corrected chi connectivity index (χ1v) is 10.7. The van der Waals surface area contributed by atoms with Gasteiger partial charge in [0.2, 0.25) is 0 Å². The van der Waals surface area contributed by atoms with Crippen LogP contribution in [0.3, 0.4) is 0 Å². The van der Waals surface area contributed by atoms with E-state index in [0.717, 1.165) is 26.5 Å².